The number of hydrazone groups is 1. The van der Waals surface area contributed by atoms with Gasteiger partial charge in [0.2, 0.25) is 0 Å². The largest absolute Gasteiger partial charge is 0.478 e. The Bertz CT molecular complexity index is 1160. The van der Waals surface area contributed by atoms with Crippen LogP contribution in [0.1, 0.15) is 35.3 Å². The van der Waals surface area contributed by atoms with Crippen molar-refractivity contribution >= 4 is 52.7 Å². The zero-order valence-electron chi connectivity index (χ0n) is 17.2. The van der Waals surface area contributed by atoms with Crippen molar-refractivity contribution in [3.05, 3.63) is 98.5 Å². The normalized spacial score (nSPS) is 11.4. The minimum absolute atomic E-state index is 0.139. The minimum atomic E-state index is -1.22. The van der Waals surface area contributed by atoms with Crippen LogP contribution in [0, 0.1) is 0 Å². The molecule has 0 fully saturated rings. The zero-order valence-corrected chi connectivity index (χ0v) is 19.5. The number of halogens is 3. The molecule has 0 radical (unpaired) electrons. The summed E-state index contributed by atoms with van der Waals surface area (Å²) in [6.07, 6.45) is 1.42. The summed E-state index contributed by atoms with van der Waals surface area (Å²) < 4.78 is 5.80. The molecular weight excluding hydrogens is 471 g/mol. The quantitative estimate of drug-likeness (QED) is 0.245. The fraction of sp³-hybridized carbons (Fsp3) is 0.125. The number of carbonyl (C=O) groups is 2. The van der Waals surface area contributed by atoms with Gasteiger partial charge in [0.15, 0.2) is 11.4 Å². The molecule has 0 saturated heterocycles. The van der Waals surface area contributed by atoms with Crippen LogP contribution in [0.3, 0.4) is 0 Å². The number of hydrogen-bond donors (Lipinski definition) is 1. The number of nitrogens with zero attached hydrogens (tertiary/aromatic N) is 1. The summed E-state index contributed by atoms with van der Waals surface area (Å²) in [5.74, 6) is -0.164. The van der Waals surface area contributed by atoms with Crippen LogP contribution in [0.25, 0.3) is 0 Å². The van der Waals surface area contributed by atoms with Gasteiger partial charge in [-0.05, 0) is 74.5 Å². The fourth-order valence-electron chi connectivity index (χ4n) is 2.68. The molecule has 0 bridgehead atoms. The summed E-state index contributed by atoms with van der Waals surface area (Å²) in [5, 5.41) is 5.41. The molecule has 0 heterocycles. The van der Waals surface area contributed by atoms with Crippen molar-refractivity contribution in [2.45, 2.75) is 19.4 Å². The maximum atomic E-state index is 12.6. The van der Waals surface area contributed by atoms with Gasteiger partial charge >= 0.3 is 0 Å². The Morgan fingerprint density at radius 2 is 1.44 bits per heavy atom. The summed E-state index contributed by atoms with van der Waals surface area (Å²) in [4.78, 5) is 25.1. The Kier molecular flexibility index (Phi) is 7.56. The Morgan fingerprint density at radius 3 is 2.03 bits per heavy atom. The standard InChI is InChI=1S/C24H19Cl3N2O3/c1-24(2,23(31)29-28-14-17-5-10-19(26)13-21(17)27)32-20-11-6-16(7-12-20)22(30)15-3-8-18(25)9-4-15/h3-14H,1-2H3,(H,29,31)/b28-14+. The van der Waals surface area contributed by atoms with Crippen molar-refractivity contribution in [1.29, 1.82) is 0 Å². The predicted molar refractivity (Wildman–Crippen MR) is 128 cm³/mol. The van der Waals surface area contributed by atoms with Crippen LogP contribution in [-0.4, -0.2) is 23.5 Å². The molecule has 0 saturated carbocycles. The number of amides is 1. The van der Waals surface area contributed by atoms with Crippen LogP contribution in [-0.2, 0) is 4.79 Å². The number of benzene rings is 3. The van der Waals surface area contributed by atoms with E-state index in [1.807, 2.05) is 0 Å². The topological polar surface area (TPSA) is 67.8 Å². The summed E-state index contributed by atoms with van der Waals surface area (Å²) in [6, 6.07) is 18.2. The highest BCUT2D eigenvalue weighted by Gasteiger charge is 2.30. The lowest BCUT2D eigenvalue weighted by molar-refractivity contribution is -0.134. The third-order valence-corrected chi connectivity index (χ3v) is 5.29. The van der Waals surface area contributed by atoms with Crippen LogP contribution >= 0.6 is 34.8 Å². The number of hydrogen-bond acceptors (Lipinski definition) is 4. The Morgan fingerprint density at radius 1 is 0.875 bits per heavy atom. The van der Waals surface area contributed by atoms with Gasteiger partial charge in [-0.25, -0.2) is 5.43 Å². The van der Waals surface area contributed by atoms with Gasteiger partial charge in [-0.2, -0.15) is 5.10 Å². The van der Waals surface area contributed by atoms with E-state index >= 15 is 0 Å². The molecule has 0 aliphatic carbocycles. The van der Waals surface area contributed by atoms with Crippen molar-refractivity contribution in [3.8, 4) is 5.75 Å². The van der Waals surface area contributed by atoms with E-state index in [0.29, 0.717) is 37.5 Å². The van der Waals surface area contributed by atoms with Crippen LogP contribution < -0.4 is 10.2 Å². The molecule has 1 amide bonds. The predicted octanol–water partition coefficient (Wildman–Crippen LogP) is 6.19. The maximum absolute atomic E-state index is 12.6. The first kappa shape index (κ1) is 23.8. The van der Waals surface area contributed by atoms with E-state index in [9.17, 15) is 9.59 Å². The summed E-state index contributed by atoms with van der Waals surface area (Å²) >= 11 is 17.8. The van der Waals surface area contributed by atoms with Gasteiger partial charge in [-0.15, -0.1) is 0 Å². The van der Waals surface area contributed by atoms with Crippen LogP contribution in [0.4, 0.5) is 0 Å². The first-order valence-electron chi connectivity index (χ1n) is 9.53. The summed E-state index contributed by atoms with van der Waals surface area (Å²) in [5.41, 5.74) is 2.85. The molecule has 0 aliphatic rings. The number of ketones is 1. The van der Waals surface area contributed by atoms with E-state index in [0.717, 1.165) is 0 Å². The SMILES string of the molecule is CC(C)(Oc1ccc(C(=O)c2ccc(Cl)cc2)cc1)C(=O)N/N=C/c1ccc(Cl)cc1Cl. The second-order valence-electron chi connectivity index (χ2n) is 7.34. The highest BCUT2D eigenvalue weighted by Crippen LogP contribution is 2.22. The second-order valence-corrected chi connectivity index (χ2v) is 8.62. The molecule has 3 aromatic rings. The highest BCUT2D eigenvalue weighted by molar-refractivity contribution is 6.36. The second kappa shape index (κ2) is 10.2. The van der Waals surface area contributed by atoms with Gasteiger partial charge in [0.25, 0.3) is 5.91 Å². The van der Waals surface area contributed by atoms with Gasteiger partial charge in [-0.3, -0.25) is 9.59 Å². The van der Waals surface area contributed by atoms with Gasteiger partial charge in [0.05, 0.1) is 11.2 Å². The molecular formula is C24H19Cl3N2O3. The van der Waals surface area contributed by atoms with Crippen molar-refractivity contribution in [2.75, 3.05) is 0 Å². The molecule has 3 aromatic carbocycles. The molecule has 0 spiro atoms. The van der Waals surface area contributed by atoms with Gasteiger partial charge in [0, 0.05) is 26.7 Å². The molecule has 0 aromatic heterocycles. The molecule has 0 aliphatic heterocycles. The van der Waals surface area contributed by atoms with Gasteiger partial charge < -0.3 is 4.74 Å². The third kappa shape index (κ3) is 6.10. The highest BCUT2D eigenvalue weighted by atomic mass is 35.5. The number of rotatable bonds is 7. The Balaban J connectivity index is 1.62. The molecule has 8 heteroatoms. The maximum Gasteiger partial charge on any atom is 0.283 e. The molecule has 0 atom stereocenters. The number of nitrogens with one attached hydrogen (secondary N) is 1. The monoisotopic (exact) mass is 488 g/mol. The molecule has 5 nitrogen and oxygen atoms in total. The van der Waals surface area contributed by atoms with E-state index in [1.165, 1.54) is 6.21 Å². The first-order valence-corrected chi connectivity index (χ1v) is 10.7. The minimum Gasteiger partial charge on any atom is -0.478 e. The molecule has 164 valence electrons. The smallest absolute Gasteiger partial charge is 0.283 e. The lowest BCUT2D eigenvalue weighted by atomic mass is 10.0. The number of ether oxygens (including phenoxy) is 1. The Hall–Kier alpha value is -2.86. The lowest BCUT2D eigenvalue weighted by Crippen LogP contribution is -2.44. The van der Waals surface area contributed by atoms with E-state index in [4.69, 9.17) is 39.5 Å². The summed E-state index contributed by atoms with van der Waals surface area (Å²) in [7, 11) is 0. The van der Waals surface area contributed by atoms with Crippen molar-refractivity contribution in [3.63, 3.8) is 0 Å². The summed E-state index contributed by atoms with van der Waals surface area (Å²) in [6.45, 7) is 3.22. The van der Waals surface area contributed by atoms with Crippen LogP contribution in [0.5, 0.6) is 5.75 Å². The van der Waals surface area contributed by atoms with E-state index < -0.39 is 11.5 Å². The van der Waals surface area contributed by atoms with Crippen molar-refractivity contribution in [1.82, 2.24) is 5.43 Å². The molecule has 0 unspecified atom stereocenters. The lowest BCUT2D eigenvalue weighted by Gasteiger charge is -2.24. The molecule has 32 heavy (non-hydrogen) atoms. The van der Waals surface area contributed by atoms with Crippen molar-refractivity contribution < 1.29 is 14.3 Å². The average Bonchev–Trinajstić information content (AvgIpc) is 2.75. The van der Waals surface area contributed by atoms with Gasteiger partial charge in [-0.1, -0.05) is 40.9 Å². The zero-order chi connectivity index (χ0) is 23.3. The van der Waals surface area contributed by atoms with Crippen LogP contribution in [0.15, 0.2) is 71.8 Å². The van der Waals surface area contributed by atoms with E-state index in [2.05, 4.69) is 10.5 Å². The number of carbonyl (C=O) groups excluding carboxylic acids is 2. The molecule has 3 rings (SSSR count). The van der Waals surface area contributed by atoms with E-state index in [1.54, 1.807) is 80.6 Å². The van der Waals surface area contributed by atoms with Crippen LogP contribution in [0.2, 0.25) is 15.1 Å². The van der Waals surface area contributed by atoms with E-state index in [-0.39, 0.29) is 5.78 Å². The third-order valence-electron chi connectivity index (χ3n) is 4.47. The molecule has 1 N–H and O–H groups in total. The fourth-order valence-corrected chi connectivity index (χ4v) is 3.27. The average molecular weight is 490 g/mol. The first-order chi connectivity index (χ1) is 15.2. The Labute approximate surface area is 200 Å². The van der Waals surface area contributed by atoms with Crippen molar-refractivity contribution in [2.24, 2.45) is 5.10 Å². The van der Waals surface area contributed by atoms with Gasteiger partial charge in [0.1, 0.15) is 5.75 Å².